The number of ether oxygens (including phenoxy) is 2. The maximum absolute atomic E-state index is 14.4. The van der Waals surface area contributed by atoms with E-state index in [1.165, 1.54) is 10.0 Å². The molecule has 8 heteroatoms. The number of carbonyl (C=O) groups excluding carboxylic acids is 2. The van der Waals surface area contributed by atoms with E-state index in [-0.39, 0.29) is 37.9 Å². The molecule has 0 saturated carbocycles. The van der Waals surface area contributed by atoms with Gasteiger partial charge in [0, 0.05) is 23.3 Å². The summed E-state index contributed by atoms with van der Waals surface area (Å²) >= 11 is 12.3. The van der Waals surface area contributed by atoms with Gasteiger partial charge in [-0.05, 0) is 72.5 Å². The molecule has 1 aliphatic heterocycles. The van der Waals surface area contributed by atoms with Gasteiger partial charge in [0.2, 0.25) is 0 Å². The number of nitrogens with zero attached hydrogens (tertiary/aromatic N) is 2. The zero-order valence-corrected chi connectivity index (χ0v) is 23.9. The molecule has 0 N–H and O–H groups in total. The lowest BCUT2D eigenvalue weighted by atomic mass is 9.80. The number of anilines is 2. The van der Waals surface area contributed by atoms with Crippen molar-refractivity contribution in [3.63, 3.8) is 0 Å². The molecule has 0 spiro atoms. The van der Waals surface area contributed by atoms with E-state index in [0.717, 1.165) is 11.1 Å². The first kappa shape index (κ1) is 28.8. The number of amides is 2. The zero-order chi connectivity index (χ0) is 28.7. The average Bonchev–Trinajstić information content (AvgIpc) is 3.21. The van der Waals surface area contributed by atoms with E-state index >= 15 is 0 Å². The van der Waals surface area contributed by atoms with Crippen molar-refractivity contribution < 1.29 is 19.1 Å². The molecule has 0 radical (unpaired) electrons. The van der Waals surface area contributed by atoms with Gasteiger partial charge in [0.1, 0.15) is 5.41 Å². The summed E-state index contributed by atoms with van der Waals surface area (Å²) in [5.74, 6) is -0.683. The van der Waals surface area contributed by atoms with Crippen molar-refractivity contribution in [3.8, 4) is 0 Å². The van der Waals surface area contributed by atoms with Crippen LogP contribution >= 0.6 is 23.2 Å². The van der Waals surface area contributed by atoms with Gasteiger partial charge in [-0.25, -0.2) is 10.0 Å². The summed E-state index contributed by atoms with van der Waals surface area (Å²) < 4.78 is 12.0. The monoisotopic (exact) mass is 588 g/mol. The largest absolute Gasteiger partial charge is 0.377 e. The Kier molecular flexibility index (Phi) is 9.37. The summed E-state index contributed by atoms with van der Waals surface area (Å²) in [6, 6.07) is 33.3. The Morgan fingerprint density at radius 2 is 0.902 bits per heavy atom. The van der Waals surface area contributed by atoms with Gasteiger partial charge in [-0.1, -0.05) is 83.9 Å². The van der Waals surface area contributed by atoms with Crippen molar-refractivity contribution in [3.05, 3.63) is 130 Å². The Labute approximate surface area is 250 Å². The van der Waals surface area contributed by atoms with E-state index in [1.807, 2.05) is 60.7 Å². The Morgan fingerprint density at radius 3 is 1.27 bits per heavy atom. The third-order valence-corrected chi connectivity index (χ3v) is 7.62. The van der Waals surface area contributed by atoms with Gasteiger partial charge < -0.3 is 9.47 Å². The Morgan fingerprint density at radius 1 is 0.537 bits per heavy atom. The summed E-state index contributed by atoms with van der Waals surface area (Å²) in [4.78, 5) is 28.8. The summed E-state index contributed by atoms with van der Waals surface area (Å²) in [7, 11) is 0. The topological polar surface area (TPSA) is 59.1 Å². The van der Waals surface area contributed by atoms with Crippen molar-refractivity contribution in [1.29, 1.82) is 0 Å². The van der Waals surface area contributed by atoms with Crippen LogP contribution in [0.3, 0.4) is 0 Å². The number of rotatable bonds is 12. The summed E-state index contributed by atoms with van der Waals surface area (Å²) in [6.07, 6.45) is 0.390. The summed E-state index contributed by atoms with van der Waals surface area (Å²) in [5.41, 5.74) is 1.69. The maximum Gasteiger partial charge on any atom is 0.262 e. The van der Waals surface area contributed by atoms with Crippen LogP contribution in [0.5, 0.6) is 0 Å². The maximum atomic E-state index is 14.4. The predicted molar refractivity (Wildman–Crippen MR) is 162 cm³/mol. The smallest absolute Gasteiger partial charge is 0.262 e. The first-order chi connectivity index (χ1) is 20.0. The van der Waals surface area contributed by atoms with Crippen LogP contribution in [-0.2, 0) is 32.3 Å². The van der Waals surface area contributed by atoms with Gasteiger partial charge in [0.15, 0.2) is 0 Å². The van der Waals surface area contributed by atoms with Crippen LogP contribution in [0.1, 0.15) is 24.0 Å². The lowest BCUT2D eigenvalue weighted by Gasteiger charge is -2.27. The molecular weight excluding hydrogens is 559 g/mol. The second-order valence-corrected chi connectivity index (χ2v) is 10.7. The van der Waals surface area contributed by atoms with Crippen LogP contribution in [0.15, 0.2) is 109 Å². The van der Waals surface area contributed by atoms with Crippen LogP contribution in [0, 0.1) is 5.41 Å². The molecule has 5 rings (SSSR count). The highest BCUT2D eigenvalue weighted by Gasteiger charge is 2.58. The fourth-order valence-electron chi connectivity index (χ4n) is 4.88. The van der Waals surface area contributed by atoms with Gasteiger partial charge in [-0.15, -0.1) is 0 Å². The first-order valence-corrected chi connectivity index (χ1v) is 14.2. The second-order valence-electron chi connectivity index (χ2n) is 9.85. The molecule has 0 aromatic heterocycles. The van der Waals surface area contributed by atoms with E-state index in [0.29, 0.717) is 34.6 Å². The quantitative estimate of drug-likeness (QED) is 0.127. The highest BCUT2D eigenvalue weighted by molar-refractivity contribution is 6.31. The molecule has 4 aromatic carbocycles. The van der Waals surface area contributed by atoms with Crippen molar-refractivity contribution in [2.75, 3.05) is 23.2 Å². The Balaban J connectivity index is 1.43. The molecule has 0 unspecified atom stereocenters. The molecule has 0 atom stereocenters. The van der Waals surface area contributed by atoms with Gasteiger partial charge in [-0.2, -0.15) is 0 Å². The van der Waals surface area contributed by atoms with Gasteiger partial charge >= 0.3 is 0 Å². The van der Waals surface area contributed by atoms with E-state index < -0.39 is 5.41 Å². The minimum atomic E-state index is -1.40. The molecule has 1 saturated heterocycles. The van der Waals surface area contributed by atoms with Crippen LogP contribution in [-0.4, -0.2) is 25.0 Å². The Hall–Kier alpha value is -3.68. The van der Waals surface area contributed by atoms with Gasteiger partial charge in [0.25, 0.3) is 11.8 Å². The van der Waals surface area contributed by atoms with Crippen LogP contribution in [0.25, 0.3) is 0 Å². The second kappa shape index (κ2) is 13.3. The van der Waals surface area contributed by atoms with Crippen molar-refractivity contribution in [1.82, 2.24) is 0 Å². The van der Waals surface area contributed by atoms with Crippen molar-refractivity contribution >= 4 is 46.4 Å². The lowest BCUT2D eigenvalue weighted by Crippen LogP contribution is -2.41. The number of hydrazine groups is 1. The third-order valence-electron chi connectivity index (χ3n) is 7.12. The van der Waals surface area contributed by atoms with Gasteiger partial charge in [0.05, 0.1) is 24.6 Å². The SMILES string of the molecule is O=C1N(c2ccc(Cl)cc2)N(c2ccc(Cl)cc2)C(=O)C1(CCOCc1ccccc1)CCOCc1ccccc1. The minimum absolute atomic E-state index is 0.195. The van der Waals surface area contributed by atoms with E-state index in [2.05, 4.69) is 0 Å². The number of halogens is 2. The highest BCUT2D eigenvalue weighted by Crippen LogP contribution is 2.43. The van der Waals surface area contributed by atoms with Gasteiger partial charge in [-0.3, -0.25) is 9.59 Å². The van der Waals surface area contributed by atoms with E-state index in [1.54, 1.807) is 48.5 Å². The number of benzene rings is 4. The highest BCUT2D eigenvalue weighted by atomic mass is 35.5. The van der Waals surface area contributed by atoms with E-state index in [4.69, 9.17) is 32.7 Å². The van der Waals surface area contributed by atoms with Crippen molar-refractivity contribution in [2.24, 2.45) is 5.41 Å². The van der Waals surface area contributed by atoms with Crippen LogP contribution < -0.4 is 10.0 Å². The molecule has 0 bridgehead atoms. The molecular formula is C33H30Cl2N2O4. The minimum Gasteiger partial charge on any atom is -0.377 e. The van der Waals surface area contributed by atoms with Crippen molar-refractivity contribution in [2.45, 2.75) is 26.1 Å². The molecule has 41 heavy (non-hydrogen) atoms. The predicted octanol–water partition coefficient (Wildman–Crippen LogP) is 7.49. The molecule has 0 aliphatic carbocycles. The lowest BCUT2D eigenvalue weighted by molar-refractivity contribution is -0.138. The van der Waals surface area contributed by atoms with E-state index in [9.17, 15) is 9.59 Å². The molecule has 210 valence electrons. The molecule has 1 heterocycles. The number of hydrogen-bond donors (Lipinski definition) is 0. The average molecular weight is 590 g/mol. The number of carbonyl (C=O) groups is 2. The van der Waals surface area contributed by atoms with Crippen LogP contribution in [0.2, 0.25) is 10.0 Å². The molecule has 1 aliphatic rings. The normalized spacial score (nSPS) is 14.6. The summed E-state index contributed by atoms with van der Waals surface area (Å²) in [6.45, 7) is 1.19. The molecule has 1 fully saturated rings. The molecule has 4 aromatic rings. The summed E-state index contributed by atoms with van der Waals surface area (Å²) in [5, 5.41) is 3.91. The number of hydrogen-bond acceptors (Lipinski definition) is 4. The molecule has 2 amide bonds. The standard InChI is InChI=1S/C33H30Cl2N2O4/c34-27-11-15-29(16-12-27)36-31(38)33(19-21-40-23-25-7-3-1-4-8-25,20-22-41-24-26-9-5-2-6-10-26)32(39)37(36)30-17-13-28(35)14-18-30/h1-18H,19-24H2. The molecule has 6 nitrogen and oxygen atoms in total. The fourth-order valence-corrected chi connectivity index (χ4v) is 5.13. The third kappa shape index (κ3) is 6.63. The first-order valence-electron chi connectivity index (χ1n) is 13.4. The zero-order valence-electron chi connectivity index (χ0n) is 22.4. The fraction of sp³-hybridized carbons (Fsp3) is 0.212. The van der Waals surface area contributed by atoms with Crippen LogP contribution in [0.4, 0.5) is 11.4 Å². The Bertz CT molecular complexity index is 1340.